The molecule has 2 aromatic rings. The fourth-order valence-electron chi connectivity index (χ4n) is 3.17. The number of hydrogen-bond acceptors (Lipinski definition) is 6. The molecule has 10 heteroatoms. The normalized spacial score (nSPS) is 14.7. The van der Waals surface area contributed by atoms with Gasteiger partial charge in [-0.25, -0.2) is 8.42 Å². The summed E-state index contributed by atoms with van der Waals surface area (Å²) in [6, 6.07) is 6.94. The SMILES string of the molecule is COc1ccc(S(=O)(=O)N[C@@H](C)C(=O)NCCC(=O)N2CCc3sccc3C2)cc1. The van der Waals surface area contributed by atoms with Crippen LogP contribution < -0.4 is 14.8 Å². The molecule has 3 rings (SSSR count). The summed E-state index contributed by atoms with van der Waals surface area (Å²) in [5, 5.41) is 4.66. The van der Waals surface area contributed by atoms with Crippen molar-refractivity contribution >= 4 is 33.2 Å². The lowest BCUT2D eigenvalue weighted by Crippen LogP contribution is -2.45. The number of amides is 2. The van der Waals surface area contributed by atoms with E-state index in [0.29, 0.717) is 18.8 Å². The van der Waals surface area contributed by atoms with Crippen molar-refractivity contribution < 1.29 is 22.7 Å². The van der Waals surface area contributed by atoms with Gasteiger partial charge in [0.05, 0.1) is 18.0 Å². The summed E-state index contributed by atoms with van der Waals surface area (Å²) in [6.45, 7) is 2.89. The second-order valence-electron chi connectivity index (χ2n) is 6.99. The van der Waals surface area contributed by atoms with Crippen molar-refractivity contribution in [2.45, 2.75) is 37.2 Å². The minimum Gasteiger partial charge on any atom is -0.497 e. The molecule has 30 heavy (non-hydrogen) atoms. The van der Waals surface area contributed by atoms with E-state index < -0.39 is 22.0 Å². The van der Waals surface area contributed by atoms with Gasteiger partial charge in [-0.05, 0) is 54.6 Å². The first-order chi connectivity index (χ1) is 14.3. The average molecular weight is 452 g/mol. The van der Waals surface area contributed by atoms with Crippen molar-refractivity contribution in [3.8, 4) is 5.75 Å². The molecule has 1 atom stereocenters. The van der Waals surface area contributed by atoms with Crippen LogP contribution in [0.1, 0.15) is 23.8 Å². The molecule has 0 spiro atoms. The van der Waals surface area contributed by atoms with Crippen LogP contribution in [0, 0.1) is 0 Å². The van der Waals surface area contributed by atoms with Crippen molar-refractivity contribution in [1.29, 1.82) is 0 Å². The van der Waals surface area contributed by atoms with Crippen LogP contribution in [0.15, 0.2) is 40.6 Å². The second kappa shape index (κ2) is 9.59. The number of nitrogens with zero attached hydrogens (tertiary/aromatic N) is 1. The van der Waals surface area contributed by atoms with Crippen LogP contribution in [0.5, 0.6) is 5.75 Å². The zero-order chi connectivity index (χ0) is 21.7. The number of carbonyl (C=O) groups excluding carboxylic acids is 2. The summed E-state index contributed by atoms with van der Waals surface area (Å²) in [6.07, 6.45) is 1.03. The molecule has 0 unspecified atom stereocenters. The van der Waals surface area contributed by atoms with Crippen molar-refractivity contribution in [1.82, 2.24) is 14.9 Å². The van der Waals surface area contributed by atoms with Crippen LogP contribution in [0.25, 0.3) is 0 Å². The molecule has 1 aromatic heterocycles. The molecule has 0 saturated heterocycles. The van der Waals surface area contributed by atoms with Gasteiger partial charge in [0.2, 0.25) is 21.8 Å². The molecule has 2 amide bonds. The number of fused-ring (bicyclic) bond motifs is 1. The van der Waals surface area contributed by atoms with E-state index in [-0.39, 0.29) is 23.8 Å². The largest absolute Gasteiger partial charge is 0.497 e. The summed E-state index contributed by atoms with van der Waals surface area (Å²) < 4.78 is 32.2. The van der Waals surface area contributed by atoms with Gasteiger partial charge in [0, 0.05) is 30.9 Å². The Hall–Kier alpha value is -2.43. The number of nitrogens with one attached hydrogen (secondary N) is 2. The molecular weight excluding hydrogens is 426 g/mol. The van der Waals surface area contributed by atoms with E-state index in [9.17, 15) is 18.0 Å². The second-order valence-corrected chi connectivity index (χ2v) is 9.71. The van der Waals surface area contributed by atoms with E-state index in [2.05, 4.69) is 10.0 Å². The Morgan fingerprint density at radius 3 is 2.67 bits per heavy atom. The first-order valence-electron chi connectivity index (χ1n) is 9.57. The summed E-state index contributed by atoms with van der Waals surface area (Å²) in [5.41, 5.74) is 1.19. The number of methoxy groups -OCH3 is 1. The molecule has 1 aliphatic rings. The lowest BCUT2D eigenvalue weighted by molar-refractivity contribution is -0.132. The van der Waals surface area contributed by atoms with Crippen LogP contribution in [-0.4, -0.2) is 51.4 Å². The molecular formula is C20H25N3O5S2. The third-order valence-corrected chi connectivity index (χ3v) is 7.47. The van der Waals surface area contributed by atoms with E-state index in [1.807, 2.05) is 11.4 Å². The molecule has 162 valence electrons. The number of hydrogen-bond donors (Lipinski definition) is 2. The van der Waals surface area contributed by atoms with Crippen LogP contribution >= 0.6 is 11.3 Å². The molecule has 1 aliphatic heterocycles. The Kier molecular flexibility index (Phi) is 7.11. The third kappa shape index (κ3) is 5.38. The Morgan fingerprint density at radius 1 is 1.23 bits per heavy atom. The maximum Gasteiger partial charge on any atom is 0.241 e. The number of sulfonamides is 1. The van der Waals surface area contributed by atoms with Crippen molar-refractivity contribution in [3.63, 3.8) is 0 Å². The van der Waals surface area contributed by atoms with Crippen LogP contribution in [0.2, 0.25) is 0 Å². The smallest absolute Gasteiger partial charge is 0.241 e. The summed E-state index contributed by atoms with van der Waals surface area (Å²) in [5.74, 6) is 0.0191. The molecule has 1 aromatic carbocycles. The molecule has 0 aliphatic carbocycles. The van der Waals surface area contributed by atoms with Crippen molar-refractivity contribution in [3.05, 3.63) is 46.2 Å². The average Bonchev–Trinajstić information content (AvgIpc) is 3.21. The van der Waals surface area contributed by atoms with Crippen LogP contribution in [0.3, 0.4) is 0 Å². The van der Waals surface area contributed by atoms with E-state index in [4.69, 9.17) is 4.74 Å². The van der Waals surface area contributed by atoms with Gasteiger partial charge < -0.3 is 15.0 Å². The van der Waals surface area contributed by atoms with Crippen LogP contribution in [0.4, 0.5) is 0 Å². The van der Waals surface area contributed by atoms with E-state index >= 15 is 0 Å². The zero-order valence-corrected chi connectivity index (χ0v) is 18.5. The number of carbonyl (C=O) groups is 2. The van der Waals surface area contributed by atoms with E-state index in [0.717, 1.165) is 6.42 Å². The van der Waals surface area contributed by atoms with Gasteiger partial charge >= 0.3 is 0 Å². The highest BCUT2D eigenvalue weighted by molar-refractivity contribution is 7.89. The van der Waals surface area contributed by atoms with Gasteiger partial charge in [-0.15, -0.1) is 11.3 Å². The standard InChI is InChI=1S/C20H25N3O5S2/c1-14(22-30(26,27)17-5-3-16(28-2)4-6-17)20(25)21-10-7-19(24)23-11-8-18-15(13-23)9-12-29-18/h3-6,9,12,14,22H,7-8,10-11,13H2,1-2H3,(H,21,25)/t14-/m0/s1. The van der Waals surface area contributed by atoms with Gasteiger partial charge in [-0.2, -0.15) is 4.72 Å². The quantitative estimate of drug-likeness (QED) is 0.633. The Bertz CT molecular complexity index is 1000. The molecule has 0 radical (unpaired) electrons. The van der Waals surface area contributed by atoms with Gasteiger partial charge in [-0.3, -0.25) is 9.59 Å². The Balaban J connectivity index is 1.45. The fraction of sp³-hybridized carbons (Fsp3) is 0.400. The molecule has 0 bridgehead atoms. The highest BCUT2D eigenvalue weighted by atomic mass is 32.2. The Morgan fingerprint density at radius 2 is 1.97 bits per heavy atom. The number of thiophene rings is 1. The number of rotatable bonds is 8. The van der Waals surface area contributed by atoms with Crippen molar-refractivity contribution in [2.75, 3.05) is 20.2 Å². The number of ether oxygens (including phenoxy) is 1. The highest BCUT2D eigenvalue weighted by Crippen LogP contribution is 2.24. The van der Waals surface area contributed by atoms with Gasteiger partial charge in [0.25, 0.3) is 0 Å². The van der Waals surface area contributed by atoms with Crippen LogP contribution in [-0.2, 0) is 32.6 Å². The fourth-order valence-corrected chi connectivity index (χ4v) is 5.27. The first kappa shape index (κ1) is 22.3. The summed E-state index contributed by atoms with van der Waals surface area (Å²) in [4.78, 5) is 27.8. The highest BCUT2D eigenvalue weighted by Gasteiger charge is 2.24. The topological polar surface area (TPSA) is 105 Å². The van der Waals surface area contributed by atoms with E-state index in [1.54, 1.807) is 16.2 Å². The van der Waals surface area contributed by atoms with Crippen molar-refractivity contribution in [2.24, 2.45) is 0 Å². The predicted octanol–water partition coefficient (Wildman–Crippen LogP) is 1.51. The molecule has 0 saturated carbocycles. The predicted molar refractivity (Wildman–Crippen MR) is 114 cm³/mol. The first-order valence-corrected chi connectivity index (χ1v) is 11.9. The summed E-state index contributed by atoms with van der Waals surface area (Å²) in [7, 11) is -2.36. The lowest BCUT2D eigenvalue weighted by Gasteiger charge is -2.27. The Labute approximate surface area is 180 Å². The minimum atomic E-state index is -3.85. The molecule has 0 fully saturated rings. The molecule has 8 nitrogen and oxygen atoms in total. The maximum atomic E-state index is 12.4. The monoisotopic (exact) mass is 451 g/mol. The van der Waals surface area contributed by atoms with Gasteiger partial charge in [0.15, 0.2) is 0 Å². The third-order valence-electron chi connectivity index (χ3n) is 4.89. The van der Waals surface area contributed by atoms with E-state index in [1.165, 1.54) is 48.7 Å². The zero-order valence-electron chi connectivity index (χ0n) is 16.9. The van der Waals surface area contributed by atoms with Gasteiger partial charge in [-0.1, -0.05) is 0 Å². The number of benzene rings is 1. The van der Waals surface area contributed by atoms with Gasteiger partial charge in [0.1, 0.15) is 5.75 Å². The molecule has 2 heterocycles. The maximum absolute atomic E-state index is 12.4. The minimum absolute atomic E-state index is 0.0291. The molecule has 2 N–H and O–H groups in total. The summed E-state index contributed by atoms with van der Waals surface area (Å²) >= 11 is 1.71. The lowest BCUT2D eigenvalue weighted by atomic mass is 10.1.